The first-order valence-electron chi connectivity index (χ1n) is 16.7. The van der Waals surface area contributed by atoms with Crippen molar-refractivity contribution in [1.82, 2.24) is 0 Å². The molecule has 1 fully saturated rings. The highest BCUT2D eigenvalue weighted by molar-refractivity contribution is 6.06. The first kappa shape index (κ1) is 29.1. The second-order valence-corrected chi connectivity index (χ2v) is 13.0. The van der Waals surface area contributed by atoms with Crippen molar-refractivity contribution in [3.8, 4) is 11.1 Å². The van der Waals surface area contributed by atoms with Crippen molar-refractivity contribution in [2.75, 3.05) is 0 Å². The van der Waals surface area contributed by atoms with Crippen LogP contribution in [0.15, 0.2) is 168 Å². The van der Waals surface area contributed by atoms with Crippen LogP contribution >= 0.6 is 0 Å². The van der Waals surface area contributed by atoms with Crippen LogP contribution in [0.4, 0.5) is 0 Å². The van der Waals surface area contributed by atoms with Crippen molar-refractivity contribution in [2.45, 2.75) is 31.6 Å². The molecule has 1 aliphatic heterocycles. The number of fused-ring (bicyclic) bond motifs is 1. The second kappa shape index (κ2) is 12.5. The van der Waals surface area contributed by atoms with Gasteiger partial charge in [0.25, 0.3) is 0 Å². The van der Waals surface area contributed by atoms with Crippen LogP contribution in [-0.2, 0) is 0 Å². The Kier molecular flexibility index (Phi) is 7.71. The fourth-order valence-electron chi connectivity index (χ4n) is 7.35. The van der Waals surface area contributed by atoms with E-state index in [-0.39, 0.29) is 11.3 Å². The molecule has 3 aromatic rings. The number of rotatable bonds is 7. The van der Waals surface area contributed by atoms with Gasteiger partial charge in [0.05, 0.1) is 5.71 Å². The van der Waals surface area contributed by atoms with Crippen molar-refractivity contribution in [3.63, 3.8) is 0 Å². The summed E-state index contributed by atoms with van der Waals surface area (Å²) < 4.78 is 0. The summed E-state index contributed by atoms with van der Waals surface area (Å²) in [5, 5.41) is 0. The minimum Gasteiger partial charge on any atom is -0.241 e. The van der Waals surface area contributed by atoms with Crippen molar-refractivity contribution >= 4 is 29.3 Å². The van der Waals surface area contributed by atoms with Gasteiger partial charge in [0.2, 0.25) is 0 Å². The number of hydrogen-bond acceptors (Lipinski definition) is 2. The number of allylic oxidation sites excluding steroid dienone is 15. The summed E-state index contributed by atoms with van der Waals surface area (Å²) in [7, 11) is 0. The topological polar surface area (TPSA) is 24.7 Å². The fraction of sp³-hybridized carbons (Fsp3) is 0.156. The van der Waals surface area contributed by atoms with Crippen LogP contribution in [-0.4, -0.2) is 12.1 Å². The second-order valence-electron chi connectivity index (χ2n) is 13.0. The van der Waals surface area contributed by atoms with Crippen LogP contribution in [0.5, 0.6) is 0 Å². The minimum absolute atomic E-state index is 0.0669. The Bertz CT molecular complexity index is 2050. The van der Waals surface area contributed by atoms with Gasteiger partial charge in [-0.25, -0.2) is 9.98 Å². The highest BCUT2D eigenvalue weighted by atomic mass is 14.9. The van der Waals surface area contributed by atoms with Gasteiger partial charge in [0, 0.05) is 23.5 Å². The number of benzene rings is 3. The third kappa shape index (κ3) is 5.88. The van der Waals surface area contributed by atoms with Gasteiger partial charge in [-0.1, -0.05) is 128 Å². The van der Waals surface area contributed by atoms with E-state index in [4.69, 9.17) is 9.98 Å². The smallest absolute Gasteiger partial charge is 0.115 e. The Labute approximate surface area is 278 Å². The summed E-state index contributed by atoms with van der Waals surface area (Å²) in [6.07, 6.45) is 36.7. The molecule has 0 spiro atoms. The van der Waals surface area contributed by atoms with E-state index >= 15 is 0 Å². The predicted molar refractivity (Wildman–Crippen MR) is 200 cm³/mol. The Morgan fingerprint density at radius 2 is 1.68 bits per heavy atom. The predicted octanol–water partition coefficient (Wildman–Crippen LogP) is 11.3. The van der Waals surface area contributed by atoms with Crippen LogP contribution in [0.25, 0.3) is 28.3 Å². The van der Waals surface area contributed by atoms with Gasteiger partial charge in [0.15, 0.2) is 0 Å². The maximum absolute atomic E-state index is 4.86. The van der Waals surface area contributed by atoms with Crippen molar-refractivity contribution < 1.29 is 0 Å². The average molecular weight is 607 g/mol. The molecule has 3 unspecified atom stereocenters. The highest BCUT2D eigenvalue weighted by Crippen LogP contribution is 2.61. The van der Waals surface area contributed by atoms with Crippen LogP contribution in [0.1, 0.15) is 59.4 Å². The third-order valence-corrected chi connectivity index (χ3v) is 10.1. The van der Waals surface area contributed by atoms with Crippen molar-refractivity contribution in [3.05, 3.63) is 186 Å². The fourth-order valence-corrected chi connectivity index (χ4v) is 7.35. The summed E-state index contributed by atoms with van der Waals surface area (Å²) in [5.41, 5.74) is 13.4. The molecule has 47 heavy (non-hydrogen) atoms. The van der Waals surface area contributed by atoms with Crippen LogP contribution in [0.3, 0.4) is 0 Å². The van der Waals surface area contributed by atoms with Gasteiger partial charge in [-0.3, -0.25) is 0 Å². The Morgan fingerprint density at radius 3 is 2.57 bits per heavy atom. The largest absolute Gasteiger partial charge is 0.241 e. The molecular weight excluding hydrogens is 569 g/mol. The van der Waals surface area contributed by atoms with Gasteiger partial charge < -0.3 is 0 Å². The molecule has 2 heteroatoms. The van der Waals surface area contributed by atoms with Crippen LogP contribution in [0.2, 0.25) is 0 Å². The SMILES string of the molecule is C=Cc1cc(C2=NC=NC(C34C=CC=CC3C4)=CC2)cc(C2C=CC=C(c3cc(C4=CC=CCC=C4)cc(-c4ccccc4)c3)C2)c1. The third-order valence-electron chi connectivity index (χ3n) is 10.1. The van der Waals surface area contributed by atoms with Gasteiger partial charge in [-0.15, -0.1) is 0 Å². The molecule has 0 saturated heterocycles. The average Bonchev–Trinajstić information content (AvgIpc) is 3.96. The first-order valence-corrected chi connectivity index (χ1v) is 16.7. The molecule has 0 radical (unpaired) electrons. The normalized spacial score (nSPS) is 24.0. The number of aliphatic imine (C=N–C) groups is 2. The molecule has 1 saturated carbocycles. The van der Waals surface area contributed by atoms with E-state index in [1.165, 1.54) is 39.0 Å². The Balaban J connectivity index is 1.10. The van der Waals surface area contributed by atoms with E-state index in [1.807, 2.05) is 6.08 Å². The van der Waals surface area contributed by atoms with E-state index in [0.29, 0.717) is 5.92 Å². The lowest BCUT2D eigenvalue weighted by Gasteiger charge is -2.22. The summed E-state index contributed by atoms with van der Waals surface area (Å²) in [6, 6.07) is 24.6. The zero-order valence-electron chi connectivity index (χ0n) is 26.6. The summed E-state index contributed by atoms with van der Waals surface area (Å²) in [4.78, 5) is 9.69. The van der Waals surface area contributed by atoms with Crippen LogP contribution in [0, 0.1) is 11.3 Å². The molecule has 1 heterocycles. The maximum Gasteiger partial charge on any atom is 0.115 e. The molecule has 0 aromatic heterocycles. The standard InChI is InChI=1S/C45H38N2/c1-2-32-23-37(29-41(24-32)43-20-21-44(47-31-46-43)45-22-11-10-19-42(45)30-45)35-17-12-18-36(25-35)40-27-38(33-13-6-3-4-7-14-33)26-39(28-40)34-15-8-5-9-16-34/h2-3,5-19,21-24,26-29,31,35,42H,1,4,20,25,30H2. The lowest BCUT2D eigenvalue weighted by molar-refractivity contribution is 0.712. The number of nitrogens with zero attached hydrogens (tertiary/aromatic N) is 2. The van der Waals surface area contributed by atoms with Gasteiger partial charge in [-0.2, -0.15) is 0 Å². The van der Waals surface area contributed by atoms with Gasteiger partial charge in [0.1, 0.15) is 6.34 Å². The molecule has 3 aromatic carbocycles. The summed E-state index contributed by atoms with van der Waals surface area (Å²) in [6.45, 7) is 4.13. The lowest BCUT2D eigenvalue weighted by atomic mass is 9.82. The van der Waals surface area contributed by atoms with Gasteiger partial charge >= 0.3 is 0 Å². The molecule has 8 rings (SSSR count). The zero-order chi connectivity index (χ0) is 31.6. The maximum atomic E-state index is 4.86. The molecule has 4 aliphatic carbocycles. The van der Waals surface area contributed by atoms with Gasteiger partial charge in [-0.05, 0) is 106 Å². The Hall–Kier alpha value is -5.34. The number of hydrogen-bond donors (Lipinski definition) is 0. The molecule has 0 N–H and O–H groups in total. The first-order chi connectivity index (χ1) is 23.2. The summed E-state index contributed by atoms with van der Waals surface area (Å²) >= 11 is 0. The quantitative estimate of drug-likeness (QED) is 0.256. The molecular formula is C45H38N2. The van der Waals surface area contributed by atoms with E-state index in [1.54, 1.807) is 6.34 Å². The molecule has 2 nitrogen and oxygen atoms in total. The molecule has 3 atom stereocenters. The van der Waals surface area contributed by atoms with Crippen molar-refractivity contribution in [1.29, 1.82) is 0 Å². The Morgan fingerprint density at radius 1 is 0.787 bits per heavy atom. The van der Waals surface area contributed by atoms with Crippen molar-refractivity contribution in [2.24, 2.45) is 21.3 Å². The van der Waals surface area contributed by atoms with E-state index < -0.39 is 0 Å². The minimum atomic E-state index is 0.0669. The monoisotopic (exact) mass is 606 g/mol. The van der Waals surface area contributed by atoms with E-state index in [2.05, 4.69) is 152 Å². The molecule has 228 valence electrons. The molecule has 5 aliphatic rings. The lowest BCUT2D eigenvalue weighted by Crippen LogP contribution is -2.07. The molecule has 0 bridgehead atoms. The zero-order valence-corrected chi connectivity index (χ0v) is 26.6. The molecule has 0 amide bonds. The highest BCUT2D eigenvalue weighted by Gasteiger charge is 2.54. The van der Waals surface area contributed by atoms with Crippen LogP contribution < -0.4 is 0 Å². The summed E-state index contributed by atoms with van der Waals surface area (Å²) in [5.74, 6) is 0.809. The van der Waals surface area contributed by atoms with E-state index in [0.717, 1.165) is 48.2 Å². The van der Waals surface area contributed by atoms with E-state index in [9.17, 15) is 0 Å².